The van der Waals surface area contributed by atoms with Gasteiger partial charge in [-0.25, -0.2) is 0 Å². The minimum Gasteiger partial charge on any atom is -0.299 e. The monoisotopic (exact) mass is 154 g/mol. The van der Waals surface area contributed by atoms with E-state index in [0.29, 0.717) is 6.54 Å². The minimum absolute atomic E-state index is 0.0166. The standard InChI is InChI=1S/C9H18N2/c1-8(2,3)9(4,5)11-7-6-10/h11H,7H2,1-5H3. The van der Waals surface area contributed by atoms with Crippen LogP contribution in [0, 0.1) is 16.7 Å². The summed E-state index contributed by atoms with van der Waals surface area (Å²) in [4.78, 5) is 0. The van der Waals surface area contributed by atoms with Crippen LogP contribution in [-0.4, -0.2) is 12.1 Å². The second kappa shape index (κ2) is 3.23. The molecule has 0 rings (SSSR count). The Morgan fingerprint density at radius 3 is 1.91 bits per heavy atom. The maximum atomic E-state index is 8.38. The molecule has 0 saturated heterocycles. The topological polar surface area (TPSA) is 35.8 Å². The van der Waals surface area contributed by atoms with Gasteiger partial charge >= 0.3 is 0 Å². The Morgan fingerprint density at radius 2 is 1.64 bits per heavy atom. The number of rotatable bonds is 2. The summed E-state index contributed by atoms with van der Waals surface area (Å²) in [6.45, 7) is 11.1. The number of hydrogen-bond donors (Lipinski definition) is 1. The van der Waals surface area contributed by atoms with Crippen LogP contribution in [-0.2, 0) is 0 Å². The zero-order chi connectivity index (χ0) is 9.12. The molecule has 0 aliphatic rings. The lowest BCUT2D eigenvalue weighted by atomic mass is 9.76. The normalized spacial score (nSPS) is 12.7. The molecule has 2 nitrogen and oxygen atoms in total. The van der Waals surface area contributed by atoms with Crippen molar-refractivity contribution >= 4 is 0 Å². The summed E-state index contributed by atoms with van der Waals surface area (Å²) in [5.41, 5.74) is 0.201. The van der Waals surface area contributed by atoms with E-state index < -0.39 is 0 Å². The van der Waals surface area contributed by atoms with Crippen molar-refractivity contribution in [3.05, 3.63) is 0 Å². The summed E-state index contributed by atoms with van der Waals surface area (Å²) in [5, 5.41) is 11.6. The van der Waals surface area contributed by atoms with Crippen LogP contribution in [0.2, 0.25) is 0 Å². The Labute approximate surface area is 69.6 Å². The van der Waals surface area contributed by atoms with Crippen molar-refractivity contribution in [2.75, 3.05) is 6.54 Å². The number of hydrogen-bond acceptors (Lipinski definition) is 2. The molecule has 0 unspecified atom stereocenters. The quantitative estimate of drug-likeness (QED) is 0.617. The Morgan fingerprint density at radius 1 is 1.18 bits per heavy atom. The smallest absolute Gasteiger partial charge is 0.0845 e. The molecule has 0 aliphatic heterocycles. The lowest BCUT2D eigenvalue weighted by Crippen LogP contribution is -2.50. The summed E-state index contributed by atoms with van der Waals surface area (Å²) < 4.78 is 0. The summed E-state index contributed by atoms with van der Waals surface area (Å²) in [5.74, 6) is 0. The van der Waals surface area contributed by atoms with E-state index >= 15 is 0 Å². The van der Waals surface area contributed by atoms with Crippen molar-refractivity contribution in [2.45, 2.75) is 40.2 Å². The van der Waals surface area contributed by atoms with Crippen molar-refractivity contribution < 1.29 is 0 Å². The molecule has 1 N–H and O–H groups in total. The predicted octanol–water partition coefficient (Wildman–Crippen LogP) is 1.92. The molecule has 0 aromatic rings. The number of nitriles is 1. The molecule has 0 heterocycles. The van der Waals surface area contributed by atoms with Crippen molar-refractivity contribution in [2.24, 2.45) is 5.41 Å². The fraction of sp³-hybridized carbons (Fsp3) is 0.889. The molecule has 0 atom stereocenters. The molecule has 11 heavy (non-hydrogen) atoms. The van der Waals surface area contributed by atoms with Gasteiger partial charge in [-0.1, -0.05) is 20.8 Å². The Hall–Kier alpha value is -0.550. The van der Waals surface area contributed by atoms with E-state index in [2.05, 4.69) is 46.0 Å². The van der Waals surface area contributed by atoms with E-state index in [1.807, 2.05) is 0 Å². The van der Waals surface area contributed by atoms with Gasteiger partial charge < -0.3 is 0 Å². The van der Waals surface area contributed by atoms with Crippen molar-refractivity contribution in [1.29, 1.82) is 5.26 Å². The predicted molar refractivity (Wildman–Crippen MR) is 47.1 cm³/mol. The van der Waals surface area contributed by atoms with Crippen molar-refractivity contribution in [1.82, 2.24) is 5.32 Å². The molecule has 0 fully saturated rings. The number of nitrogens with zero attached hydrogens (tertiary/aromatic N) is 1. The highest BCUT2D eigenvalue weighted by Gasteiger charge is 2.31. The van der Waals surface area contributed by atoms with Gasteiger partial charge in [-0.2, -0.15) is 5.26 Å². The van der Waals surface area contributed by atoms with Crippen LogP contribution in [0.25, 0.3) is 0 Å². The average Bonchev–Trinajstić information content (AvgIpc) is 1.81. The fourth-order valence-electron chi connectivity index (χ4n) is 0.526. The second-order valence-corrected chi connectivity index (χ2v) is 4.39. The summed E-state index contributed by atoms with van der Waals surface area (Å²) in [6.07, 6.45) is 0. The first-order valence-electron chi connectivity index (χ1n) is 3.93. The van der Waals surface area contributed by atoms with Gasteiger partial charge in [0.1, 0.15) is 0 Å². The first kappa shape index (κ1) is 10.4. The molecule has 0 aliphatic carbocycles. The van der Waals surface area contributed by atoms with E-state index in [1.165, 1.54) is 0 Å². The first-order chi connectivity index (χ1) is 4.81. The SMILES string of the molecule is CC(C)(C)C(C)(C)NCC#N. The third-order valence-corrected chi connectivity index (χ3v) is 2.48. The molecule has 2 heteroatoms. The van der Waals surface area contributed by atoms with Crippen LogP contribution in [0.3, 0.4) is 0 Å². The van der Waals surface area contributed by atoms with E-state index in [4.69, 9.17) is 5.26 Å². The molecule has 0 aromatic heterocycles. The zero-order valence-corrected chi connectivity index (χ0v) is 8.15. The van der Waals surface area contributed by atoms with Crippen LogP contribution in [0.15, 0.2) is 0 Å². The Kier molecular flexibility index (Phi) is 3.07. The maximum Gasteiger partial charge on any atom is 0.0845 e. The van der Waals surface area contributed by atoms with Gasteiger partial charge in [-0.3, -0.25) is 5.32 Å². The molecular formula is C9H18N2. The molecule has 0 saturated carbocycles. The van der Waals surface area contributed by atoms with Gasteiger partial charge in [-0.15, -0.1) is 0 Å². The van der Waals surface area contributed by atoms with Gasteiger partial charge in [0.05, 0.1) is 12.6 Å². The van der Waals surface area contributed by atoms with Crippen LogP contribution in [0.1, 0.15) is 34.6 Å². The molecule has 0 spiro atoms. The lowest BCUT2D eigenvalue weighted by molar-refractivity contribution is 0.183. The van der Waals surface area contributed by atoms with E-state index in [0.717, 1.165) is 0 Å². The van der Waals surface area contributed by atoms with Gasteiger partial charge in [-0.05, 0) is 19.3 Å². The summed E-state index contributed by atoms with van der Waals surface area (Å²) in [6, 6.07) is 2.08. The van der Waals surface area contributed by atoms with E-state index in [1.54, 1.807) is 0 Å². The zero-order valence-electron chi connectivity index (χ0n) is 8.15. The van der Waals surface area contributed by atoms with Crippen molar-refractivity contribution in [3.8, 4) is 6.07 Å². The van der Waals surface area contributed by atoms with Gasteiger partial charge in [0.2, 0.25) is 0 Å². The maximum absolute atomic E-state index is 8.38. The molecule has 0 radical (unpaired) electrons. The largest absolute Gasteiger partial charge is 0.299 e. The third kappa shape index (κ3) is 2.90. The van der Waals surface area contributed by atoms with Crippen LogP contribution in [0.5, 0.6) is 0 Å². The van der Waals surface area contributed by atoms with Gasteiger partial charge in [0.15, 0.2) is 0 Å². The molecule has 0 amide bonds. The number of nitrogens with one attached hydrogen (secondary N) is 1. The van der Waals surface area contributed by atoms with Crippen molar-refractivity contribution in [3.63, 3.8) is 0 Å². The fourth-order valence-corrected chi connectivity index (χ4v) is 0.526. The first-order valence-corrected chi connectivity index (χ1v) is 3.93. The second-order valence-electron chi connectivity index (χ2n) is 4.39. The van der Waals surface area contributed by atoms with Gasteiger partial charge in [0.25, 0.3) is 0 Å². The Bertz CT molecular complexity index is 157. The molecular weight excluding hydrogens is 136 g/mol. The van der Waals surface area contributed by atoms with E-state index in [9.17, 15) is 0 Å². The molecule has 0 bridgehead atoms. The highest BCUT2D eigenvalue weighted by atomic mass is 15.0. The third-order valence-electron chi connectivity index (χ3n) is 2.48. The molecule has 64 valence electrons. The van der Waals surface area contributed by atoms with E-state index in [-0.39, 0.29) is 11.0 Å². The van der Waals surface area contributed by atoms with Gasteiger partial charge in [0, 0.05) is 5.54 Å². The molecule has 0 aromatic carbocycles. The van der Waals surface area contributed by atoms with Crippen LogP contribution >= 0.6 is 0 Å². The highest BCUT2D eigenvalue weighted by molar-refractivity contribution is 4.92. The summed E-state index contributed by atoms with van der Waals surface area (Å²) in [7, 11) is 0. The lowest BCUT2D eigenvalue weighted by Gasteiger charge is -2.39. The van der Waals surface area contributed by atoms with Crippen LogP contribution < -0.4 is 5.32 Å². The van der Waals surface area contributed by atoms with Crippen LogP contribution in [0.4, 0.5) is 0 Å². The highest BCUT2D eigenvalue weighted by Crippen LogP contribution is 2.28. The Balaban J connectivity index is 4.13. The average molecular weight is 154 g/mol. The minimum atomic E-state index is 0.0166. The summed E-state index contributed by atoms with van der Waals surface area (Å²) >= 11 is 0.